The quantitative estimate of drug-likeness (QED) is 0.858. The molecule has 1 atom stereocenters. The molecule has 0 aromatic heterocycles. The van der Waals surface area contributed by atoms with Crippen LogP contribution in [-0.4, -0.2) is 30.3 Å². The molecule has 0 radical (unpaired) electrons. The molecule has 3 nitrogen and oxygen atoms in total. The molecule has 4 heteroatoms. The molecule has 1 saturated heterocycles. The lowest BCUT2D eigenvalue weighted by Gasteiger charge is -2.28. The third-order valence-corrected chi connectivity index (χ3v) is 3.65. The first-order valence-corrected chi connectivity index (χ1v) is 7.01. The Labute approximate surface area is 114 Å². The van der Waals surface area contributed by atoms with Crippen molar-refractivity contribution < 1.29 is 9.50 Å². The van der Waals surface area contributed by atoms with Crippen LogP contribution in [0.25, 0.3) is 0 Å². The molecule has 1 unspecified atom stereocenters. The minimum absolute atomic E-state index is 0.0506. The second-order valence-electron chi connectivity index (χ2n) is 5.46. The number of hydrogen-bond acceptors (Lipinski definition) is 3. The fourth-order valence-electron chi connectivity index (χ4n) is 2.66. The van der Waals surface area contributed by atoms with Crippen molar-refractivity contribution >= 4 is 5.69 Å². The largest absolute Gasteiger partial charge is 0.394 e. The Balaban J connectivity index is 2.26. The summed E-state index contributed by atoms with van der Waals surface area (Å²) in [6, 6.07) is 5.62. The van der Waals surface area contributed by atoms with Gasteiger partial charge >= 0.3 is 0 Å². The fraction of sp³-hybridized carbons (Fsp3) is 0.600. The number of hydrogen-bond donors (Lipinski definition) is 2. The molecule has 1 heterocycles. The molecule has 0 spiro atoms. The molecule has 0 bridgehead atoms. The van der Waals surface area contributed by atoms with Gasteiger partial charge in [-0.3, -0.25) is 0 Å². The van der Waals surface area contributed by atoms with E-state index in [0.717, 1.165) is 24.9 Å². The Morgan fingerprint density at radius 2 is 2.26 bits per heavy atom. The molecule has 1 aliphatic heterocycles. The smallest absolute Gasteiger partial charge is 0.146 e. The second kappa shape index (κ2) is 6.35. The number of para-hydroxylation sites is 1. The van der Waals surface area contributed by atoms with Gasteiger partial charge in [-0.1, -0.05) is 26.0 Å². The van der Waals surface area contributed by atoms with Crippen molar-refractivity contribution in [1.82, 2.24) is 5.32 Å². The summed E-state index contributed by atoms with van der Waals surface area (Å²) in [5, 5.41) is 12.7. The van der Waals surface area contributed by atoms with Crippen LogP contribution in [0.5, 0.6) is 0 Å². The topological polar surface area (TPSA) is 35.5 Å². The summed E-state index contributed by atoms with van der Waals surface area (Å²) in [5.74, 6) is -0.191. The van der Waals surface area contributed by atoms with E-state index >= 15 is 0 Å². The second-order valence-corrected chi connectivity index (χ2v) is 5.46. The van der Waals surface area contributed by atoms with E-state index in [2.05, 4.69) is 19.2 Å². The van der Waals surface area contributed by atoms with Crippen LogP contribution in [0.15, 0.2) is 18.2 Å². The lowest BCUT2D eigenvalue weighted by Crippen LogP contribution is -2.34. The Morgan fingerprint density at radius 1 is 1.47 bits per heavy atom. The van der Waals surface area contributed by atoms with Crippen molar-refractivity contribution in [3.05, 3.63) is 29.6 Å². The van der Waals surface area contributed by atoms with E-state index in [9.17, 15) is 9.50 Å². The zero-order valence-electron chi connectivity index (χ0n) is 11.7. The van der Waals surface area contributed by atoms with Gasteiger partial charge in [0.1, 0.15) is 5.82 Å². The fourth-order valence-corrected chi connectivity index (χ4v) is 2.66. The van der Waals surface area contributed by atoms with Gasteiger partial charge in [-0.15, -0.1) is 0 Å². The summed E-state index contributed by atoms with van der Waals surface area (Å²) in [5.41, 5.74) is 1.63. The molecule has 2 N–H and O–H groups in total. The molecule has 0 amide bonds. The monoisotopic (exact) mass is 266 g/mol. The van der Waals surface area contributed by atoms with Crippen LogP contribution in [0.2, 0.25) is 0 Å². The van der Waals surface area contributed by atoms with Crippen LogP contribution in [0, 0.1) is 5.82 Å². The van der Waals surface area contributed by atoms with Gasteiger partial charge in [0.05, 0.1) is 18.3 Å². The SMILES string of the molecule is CC(C)NCc1cccc(F)c1N1CCCC1CO. The molecular formula is C15H23FN2O. The highest BCUT2D eigenvalue weighted by Gasteiger charge is 2.27. The van der Waals surface area contributed by atoms with E-state index < -0.39 is 0 Å². The molecule has 19 heavy (non-hydrogen) atoms. The number of benzene rings is 1. The van der Waals surface area contributed by atoms with Crippen LogP contribution < -0.4 is 10.2 Å². The van der Waals surface area contributed by atoms with Gasteiger partial charge < -0.3 is 15.3 Å². The molecule has 2 rings (SSSR count). The minimum Gasteiger partial charge on any atom is -0.394 e. The number of aliphatic hydroxyl groups excluding tert-OH is 1. The maximum absolute atomic E-state index is 14.2. The van der Waals surface area contributed by atoms with Gasteiger partial charge in [-0.25, -0.2) is 4.39 Å². The van der Waals surface area contributed by atoms with Crippen LogP contribution in [0.4, 0.5) is 10.1 Å². The van der Waals surface area contributed by atoms with Crippen molar-refractivity contribution in [1.29, 1.82) is 0 Å². The van der Waals surface area contributed by atoms with Gasteiger partial charge in [0, 0.05) is 19.1 Å². The molecule has 1 aliphatic rings. The van der Waals surface area contributed by atoms with Gasteiger partial charge in [0.15, 0.2) is 0 Å². The first kappa shape index (κ1) is 14.3. The molecule has 106 valence electrons. The van der Waals surface area contributed by atoms with Gasteiger partial charge in [0.25, 0.3) is 0 Å². The number of anilines is 1. The first-order valence-electron chi connectivity index (χ1n) is 7.01. The van der Waals surface area contributed by atoms with E-state index in [1.807, 2.05) is 11.0 Å². The number of halogens is 1. The first-order chi connectivity index (χ1) is 9.13. The number of rotatable bonds is 5. The molecule has 1 aromatic rings. The van der Waals surface area contributed by atoms with Gasteiger partial charge in [-0.2, -0.15) is 0 Å². The molecule has 0 aliphatic carbocycles. The predicted molar refractivity (Wildman–Crippen MR) is 75.8 cm³/mol. The Hall–Kier alpha value is -1.13. The lowest BCUT2D eigenvalue weighted by molar-refractivity contribution is 0.266. The van der Waals surface area contributed by atoms with Crippen molar-refractivity contribution in [3.63, 3.8) is 0 Å². The lowest BCUT2D eigenvalue weighted by atomic mass is 10.1. The summed E-state index contributed by atoms with van der Waals surface area (Å²) >= 11 is 0. The van der Waals surface area contributed by atoms with Crippen LogP contribution >= 0.6 is 0 Å². The number of nitrogens with one attached hydrogen (secondary N) is 1. The van der Waals surface area contributed by atoms with Crippen LogP contribution in [-0.2, 0) is 6.54 Å². The van der Waals surface area contributed by atoms with E-state index in [1.165, 1.54) is 6.07 Å². The highest BCUT2D eigenvalue weighted by Crippen LogP contribution is 2.31. The van der Waals surface area contributed by atoms with Crippen molar-refractivity contribution in [2.75, 3.05) is 18.1 Å². The maximum Gasteiger partial charge on any atom is 0.146 e. The average Bonchev–Trinajstić information content (AvgIpc) is 2.84. The maximum atomic E-state index is 14.2. The Bertz CT molecular complexity index is 423. The van der Waals surface area contributed by atoms with E-state index in [0.29, 0.717) is 18.3 Å². The number of aliphatic hydroxyl groups is 1. The van der Waals surface area contributed by atoms with Crippen LogP contribution in [0.3, 0.4) is 0 Å². The standard InChI is InChI=1S/C15H23FN2O/c1-11(2)17-9-12-5-3-7-14(16)15(12)18-8-4-6-13(18)10-19/h3,5,7,11,13,17,19H,4,6,8-10H2,1-2H3. The summed E-state index contributed by atoms with van der Waals surface area (Å²) in [4.78, 5) is 2.02. The van der Waals surface area contributed by atoms with E-state index in [-0.39, 0.29) is 18.5 Å². The molecule has 1 aromatic carbocycles. The molecular weight excluding hydrogens is 243 g/mol. The van der Waals surface area contributed by atoms with Gasteiger partial charge in [-0.05, 0) is 24.5 Å². The summed E-state index contributed by atoms with van der Waals surface area (Å²) < 4.78 is 14.2. The minimum atomic E-state index is -0.191. The summed E-state index contributed by atoms with van der Waals surface area (Å²) in [6.07, 6.45) is 1.94. The third kappa shape index (κ3) is 3.25. The van der Waals surface area contributed by atoms with E-state index in [4.69, 9.17) is 0 Å². The third-order valence-electron chi connectivity index (χ3n) is 3.65. The summed E-state index contributed by atoms with van der Waals surface area (Å²) in [6.45, 7) is 5.71. The van der Waals surface area contributed by atoms with Crippen LogP contribution in [0.1, 0.15) is 32.3 Å². The van der Waals surface area contributed by atoms with E-state index in [1.54, 1.807) is 6.07 Å². The van der Waals surface area contributed by atoms with Crippen molar-refractivity contribution in [2.45, 2.75) is 45.3 Å². The average molecular weight is 266 g/mol. The highest BCUT2D eigenvalue weighted by atomic mass is 19.1. The number of nitrogens with zero attached hydrogens (tertiary/aromatic N) is 1. The molecule has 1 fully saturated rings. The Kier molecular flexibility index (Phi) is 4.77. The molecule has 0 saturated carbocycles. The highest BCUT2D eigenvalue weighted by molar-refractivity contribution is 5.56. The zero-order valence-corrected chi connectivity index (χ0v) is 11.7. The van der Waals surface area contributed by atoms with Gasteiger partial charge in [0.2, 0.25) is 0 Å². The van der Waals surface area contributed by atoms with Crippen molar-refractivity contribution in [3.8, 4) is 0 Å². The normalized spacial score (nSPS) is 19.4. The zero-order chi connectivity index (χ0) is 13.8. The predicted octanol–water partition coefficient (Wildman–Crippen LogP) is 2.28. The summed E-state index contributed by atoms with van der Waals surface area (Å²) in [7, 11) is 0. The van der Waals surface area contributed by atoms with Crippen molar-refractivity contribution in [2.24, 2.45) is 0 Å². The Morgan fingerprint density at radius 3 is 2.95 bits per heavy atom.